The van der Waals surface area contributed by atoms with Gasteiger partial charge in [-0.2, -0.15) is 5.26 Å². The average molecular weight is 232 g/mol. The van der Waals surface area contributed by atoms with Crippen molar-refractivity contribution < 1.29 is 0 Å². The van der Waals surface area contributed by atoms with Gasteiger partial charge in [0.05, 0.1) is 11.1 Å². The summed E-state index contributed by atoms with van der Waals surface area (Å²) >= 11 is 0. The summed E-state index contributed by atoms with van der Waals surface area (Å²) in [5.41, 5.74) is 2.99. The molecular weight excluding hydrogens is 220 g/mol. The van der Waals surface area contributed by atoms with Crippen LogP contribution in [-0.2, 0) is 6.54 Å². The number of fused-ring (bicyclic) bond motifs is 1. The molecule has 1 heterocycles. The van der Waals surface area contributed by atoms with Crippen molar-refractivity contribution in [3.63, 3.8) is 0 Å². The molecule has 18 heavy (non-hydrogen) atoms. The monoisotopic (exact) mass is 232 g/mol. The molecule has 0 radical (unpaired) electrons. The Morgan fingerprint density at radius 2 is 1.78 bits per heavy atom. The van der Waals surface area contributed by atoms with Gasteiger partial charge >= 0.3 is 0 Å². The Balaban J connectivity index is 2.11. The first-order valence-corrected chi connectivity index (χ1v) is 5.90. The summed E-state index contributed by atoms with van der Waals surface area (Å²) in [6.07, 6.45) is 2.04. The second-order valence-electron chi connectivity index (χ2n) is 4.28. The standard InChI is InChI=1S/C16H12N2/c17-11-15-8-4-7-14-9-10-18(16(14)15)12-13-5-2-1-3-6-13/h1-10H,12H2. The first kappa shape index (κ1) is 10.6. The molecule has 0 saturated carbocycles. The van der Waals surface area contributed by atoms with Gasteiger partial charge in [0.25, 0.3) is 0 Å². The molecule has 3 aromatic rings. The van der Waals surface area contributed by atoms with E-state index in [9.17, 15) is 5.26 Å². The van der Waals surface area contributed by atoms with E-state index < -0.39 is 0 Å². The Labute approximate surface area is 106 Å². The van der Waals surface area contributed by atoms with Crippen LogP contribution >= 0.6 is 0 Å². The number of rotatable bonds is 2. The molecule has 2 aromatic carbocycles. The highest BCUT2D eigenvalue weighted by Gasteiger charge is 2.06. The van der Waals surface area contributed by atoms with Crippen molar-refractivity contribution >= 4 is 10.9 Å². The molecule has 0 unspecified atom stereocenters. The fraction of sp³-hybridized carbons (Fsp3) is 0.0625. The number of para-hydroxylation sites is 1. The van der Waals surface area contributed by atoms with Crippen LogP contribution in [0.3, 0.4) is 0 Å². The highest BCUT2D eigenvalue weighted by molar-refractivity contribution is 5.85. The van der Waals surface area contributed by atoms with Gasteiger partial charge in [0.2, 0.25) is 0 Å². The lowest BCUT2D eigenvalue weighted by Crippen LogP contribution is -1.98. The topological polar surface area (TPSA) is 28.7 Å². The average Bonchev–Trinajstić information content (AvgIpc) is 2.83. The summed E-state index contributed by atoms with van der Waals surface area (Å²) < 4.78 is 2.13. The van der Waals surface area contributed by atoms with Gasteiger partial charge in [-0.15, -0.1) is 0 Å². The molecule has 86 valence electrons. The van der Waals surface area contributed by atoms with Gasteiger partial charge in [-0.05, 0) is 17.7 Å². The fourth-order valence-corrected chi connectivity index (χ4v) is 2.26. The maximum Gasteiger partial charge on any atom is 0.101 e. The second-order valence-corrected chi connectivity index (χ2v) is 4.28. The third kappa shape index (κ3) is 1.76. The molecular formula is C16H12N2. The van der Waals surface area contributed by atoms with E-state index in [4.69, 9.17) is 0 Å². The van der Waals surface area contributed by atoms with Crippen molar-refractivity contribution in [2.45, 2.75) is 6.54 Å². The van der Waals surface area contributed by atoms with E-state index >= 15 is 0 Å². The largest absolute Gasteiger partial charge is 0.342 e. The highest BCUT2D eigenvalue weighted by atomic mass is 15.0. The summed E-state index contributed by atoms with van der Waals surface area (Å²) in [6, 6.07) is 20.4. The molecule has 0 aliphatic heterocycles. The minimum atomic E-state index is 0.730. The molecule has 0 amide bonds. The summed E-state index contributed by atoms with van der Waals surface area (Å²) in [4.78, 5) is 0. The zero-order valence-electron chi connectivity index (χ0n) is 9.88. The van der Waals surface area contributed by atoms with E-state index in [-0.39, 0.29) is 0 Å². The van der Waals surface area contributed by atoms with Crippen LogP contribution in [0.2, 0.25) is 0 Å². The minimum Gasteiger partial charge on any atom is -0.342 e. The summed E-state index contributed by atoms with van der Waals surface area (Å²) in [6.45, 7) is 0.795. The number of aromatic nitrogens is 1. The van der Waals surface area contributed by atoms with Gasteiger partial charge in [0, 0.05) is 18.1 Å². The lowest BCUT2D eigenvalue weighted by molar-refractivity contribution is 0.836. The van der Waals surface area contributed by atoms with Gasteiger partial charge in [0.1, 0.15) is 6.07 Å². The van der Waals surface area contributed by atoms with E-state index in [1.165, 1.54) is 5.56 Å². The Morgan fingerprint density at radius 1 is 0.944 bits per heavy atom. The van der Waals surface area contributed by atoms with Crippen LogP contribution in [0.4, 0.5) is 0 Å². The van der Waals surface area contributed by atoms with Crippen LogP contribution in [0.5, 0.6) is 0 Å². The normalized spacial score (nSPS) is 10.4. The smallest absolute Gasteiger partial charge is 0.101 e. The van der Waals surface area contributed by atoms with Gasteiger partial charge in [-0.1, -0.05) is 42.5 Å². The number of benzene rings is 2. The molecule has 0 N–H and O–H groups in total. The van der Waals surface area contributed by atoms with Crippen molar-refractivity contribution in [1.82, 2.24) is 4.57 Å². The molecule has 0 bridgehead atoms. The Bertz CT molecular complexity index is 718. The van der Waals surface area contributed by atoms with Crippen molar-refractivity contribution in [3.05, 3.63) is 71.9 Å². The van der Waals surface area contributed by atoms with E-state index in [1.54, 1.807) is 0 Å². The molecule has 0 spiro atoms. The van der Waals surface area contributed by atoms with Crippen LogP contribution < -0.4 is 0 Å². The number of hydrogen-bond acceptors (Lipinski definition) is 1. The van der Waals surface area contributed by atoms with Crippen LogP contribution in [0.25, 0.3) is 10.9 Å². The quantitative estimate of drug-likeness (QED) is 0.664. The van der Waals surface area contributed by atoms with Crippen LogP contribution in [0.15, 0.2) is 60.8 Å². The van der Waals surface area contributed by atoms with E-state index in [1.807, 2.05) is 42.6 Å². The summed E-state index contributed by atoms with van der Waals surface area (Å²) in [5, 5.41) is 10.3. The fourth-order valence-electron chi connectivity index (χ4n) is 2.26. The summed E-state index contributed by atoms with van der Waals surface area (Å²) in [7, 11) is 0. The van der Waals surface area contributed by atoms with E-state index in [2.05, 4.69) is 28.8 Å². The van der Waals surface area contributed by atoms with Crippen molar-refractivity contribution in [2.24, 2.45) is 0 Å². The molecule has 0 fully saturated rings. The maximum absolute atomic E-state index is 9.18. The summed E-state index contributed by atoms with van der Waals surface area (Å²) in [5.74, 6) is 0. The third-order valence-corrected chi connectivity index (χ3v) is 3.10. The first-order valence-electron chi connectivity index (χ1n) is 5.90. The molecule has 0 aliphatic rings. The van der Waals surface area contributed by atoms with Gasteiger partial charge in [-0.25, -0.2) is 0 Å². The molecule has 3 rings (SSSR count). The second kappa shape index (κ2) is 4.38. The lowest BCUT2D eigenvalue weighted by atomic mass is 10.1. The van der Waals surface area contributed by atoms with Crippen molar-refractivity contribution in [2.75, 3.05) is 0 Å². The van der Waals surface area contributed by atoms with E-state index in [0.717, 1.165) is 23.0 Å². The SMILES string of the molecule is N#Cc1cccc2ccn(Cc3ccccc3)c12. The van der Waals surface area contributed by atoms with Crippen molar-refractivity contribution in [3.8, 4) is 6.07 Å². The maximum atomic E-state index is 9.18. The molecule has 2 nitrogen and oxygen atoms in total. The number of nitrogens with zero attached hydrogens (tertiary/aromatic N) is 2. The Kier molecular flexibility index (Phi) is 2.59. The molecule has 0 saturated heterocycles. The molecule has 1 aromatic heterocycles. The Hall–Kier alpha value is -2.53. The van der Waals surface area contributed by atoms with Crippen LogP contribution in [0, 0.1) is 11.3 Å². The number of nitriles is 1. The van der Waals surface area contributed by atoms with Gasteiger partial charge in [-0.3, -0.25) is 0 Å². The van der Waals surface area contributed by atoms with Crippen LogP contribution in [0.1, 0.15) is 11.1 Å². The predicted octanol–water partition coefficient (Wildman–Crippen LogP) is 3.56. The van der Waals surface area contributed by atoms with Gasteiger partial charge in [0.15, 0.2) is 0 Å². The van der Waals surface area contributed by atoms with Crippen molar-refractivity contribution in [1.29, 1.82) is 5.26 Å². The van der Waals surface area contributed by atoms with Gasteiger partial charge < -0.3 is 4.57 Å². The first-order chi connectivity index (χ1) is 8.88. The van der Waals surface area contributed by atoms with Crippen LogP contribution in [-0.4, -0.2) is 4.57 Å². The number of hydrogen-bond donors (Lipinski definition) is 0. The van der Waals surface area contributed by atoms with E-state index in [0.29, 0.717) is 0 Å². The zero-order valence-corrected chi connectivity index (χ0v) is 9.88. The highest BCUT2D eigenvalue weighted by Crippen LogP contribution is 2.20. The molecule has 0 atom stereocenters. The zero-order chi connectivity index (χ0) is 12.4. The predicted molar refractivity (Wildman–Crippen MR) is 72.2 cm³/mol. The lowest BCUT2D eigenvalue weighted by Gasteiger charge is -2.06. The third-order valence-electron chi connectivity index (χ3n) is 3.10. The minimum absolute atomic E-state index is 0.730. The Morgan fingerprint density at radius 3 is 2.56 bits per heavy atom. The molecule has 0 aliphatic carbocycles. The molecule has 2 heteroatoms.